The maximum Gasteiger partial charge on any atom is 0.129 e. The highest BCUT2D eigenvalue weighted by molar-refractivity contribution is 5.99. The van der Waals surface area contributed by atoms with Gasteiger partial charge in [0, 0.05) is 20.3 Å². The number of hydrogen-bond donors (Lipinski definition) is 1. The van der Waals surface area contributed by atoms with Crippen molar-refractivity contribution in [2.45, 2.75) is 26.2 Å². The second-order valence-corrected chi connectivity index (χ2v) is 3.70. The summed E-state index contributed by atoms with van der Waals surface area (Å²) in [5.74, 6) is 0. The summed E-state index contributed by atoms with van der Waals surface area (Å²) in [5.41, 5.74) is 7.38. The van der Waals surface area contributed by atoms with E-state index in [1.807, 2.05) is 13.0 Å². The lowest BCUT2D eigenvalue weighted by molar-refractivity contribution is 0.151. The van der Waals surface area contributed by atoms with E-state index < -0.39 is 0 Å². The lowest BCUT2D eigenvalue weighted by Crippen LogP contribution is -2.08. The second kappa shape index (κ2) is 11.4. The molecule has 0 radical (unpaired) electrons. The van der Waals surface area contributed by atoms with E-state index in [1.165, 1.54) is 0 Å². The van der Waals surface area contributed by atoms with Crippen LogP contribution in [0.1, 0.15) is 26.2 Å². The summed E-state index contributed by atoms with van der Waals surface area (Å²) in [6, 6.07) is 0. The summed E-state index contributed by atoms with van der Waals surface area (Å²) < 4.78 is 5.01. The molecule has 98 valence electrons. The fourth-order valence-corrected chi connectivity index (χ4v) is 1.30. The largest absolute Gasteiger partial charge is 0.394 e. The Morgan fingerprint density at radius 3 is 2.71 bits per heavy atom. The van der Waals surface area contributed by atoms with Gasteiger partial charge in [-0.15, -0.1) is 0 Å². The molecule has 0 aromatic rings. The third-order valence-electron chi connectivity index (χ3n) is 2.22. The van der Waals surface area contributed by atoms with Crippen LogP contribution >= 0.6 is 0 Å². The van der Waals surface area contributed by atoms with Gasteiger partial charge in [-0.05, 0) is 31.8 Å². The smallest absolute Gasteiger partial charge is 0.129 e. The molecule has 0 aliphatic carbocycles. The van der Waals surface area contributed by atoms with Crippen molar-refractivity contribution in [3.8, 4) is 0 Å². The number of unbranched alkanes of at least 4 members (excludes halogenated alkanes) is 1. The van der Waals surface area contributed by atoms with Gasteiger partial charge in [-0.25, -0.2) is 0 Å². The van der Waals surface area contributed by atoms with Crippen LogP contribution in [0.3, 0.4) is 0 Å². The number of rotatable bonds is 10. The molecule has 0 heterocycles. The standard InChI is InChI=1S/C13H24N2O2/c1-4-7-12(2)13(15-17-11-9-14)8-5-6-10-16-3/h4,7H,1,5-6,8-11,14H2,2-3H3/b12-7+,15-13+. The summed E-state index contributed by atoms with van der Waals surface area (Å²) in [6.07, 6.45) is 6.61. The van der Waals surface area contributed by atoms with Crippen molar-refractivity contribution in [1.82, 2.24) is 0 Å². The predicted octanol–water partition coefficient (Wildman–Crippen LogP) is 2.27. The van der Waals surface area contributed by atoms with E-state index in [-0.39, 0.29) is 0 Å². The maximum absolute atomic E-state index is 5.35. The predicted molar refractivity (Wildman–Crippen MR) is 72.1 cm³/mol. The first-order valence-electron chi connectivity index (χ1n) is 5.93. The minimum atomic E-state index is 0.447. The Morgan fingerprint density at radius 2 is 2.12 bits per heavy atom. The van der Waals surface area contributed by atoms with Gasteiger partial charge >= 0.3 is 0 Å². The maximum atomic E-state index is 5.35. The highest BCUT2D eigenvalue weighted by Gasteiger charge is 2.03. The third-order valence-corrected chi connectivity index (χ3v) is 2.22. The van der Waals surface area contributed by atoms with E-state index in [1.54, 1.807) is 13.2 Å². The van der Waals surface area contributed by atoms with Crippen LogP contribution in [-0.2, 0) is 9.57 Å². The van der Waals surface area contributed by atoms with Crippen LogP contribution in [0.2, 0.25) is 0 Å². The van der Waals surface area contributed by atoms with Gasteiger partial charge in [0.05, 0.1) is 5.71 Å². The summed E-state index contributed by atoms with van der Waals surface area (Å²) in [5, 5.41) is 4.11. The summed E-state index contributed by atoms with van der Waals surface area (Å²) in [4.78, 5) is 5.13. The van der Waals surface area contributed by atoms with E-state index in [4.69, 9.17) is 15.3 Å². The van der Waals surface area contributed by atoms with E-state index in [0.29, 0.717) is 13.2 Å². The molecule has 0 saturated heterocycles. The van der Waals surface area contributed by atoms with Crippen LogP contribution in [0.25, 0.3) is 0 Å². The first-order chi connectivity index (χ1) is 8.26. The fourth-order valence-electron chi connectivity index (χ4n) is 1.30. The normalized spacial score (nSPS) is 12.6. The minimum absolute atomic E-state index is 0.447. The number of ether oxygens (including phenoxy) is 1. The first kappa shape index (κ1) is 15.9. The molecule has 0 aliphatic heterocycles. The topological polar surface area (TPSA) is 56.8 Å². The second-order valence-electron chi connectivity index (χ2n) is 3.70. The van der Waals surface area contributed by atoms with Gasteiger partial charge in [0.25, 0.3) is 0 Å². The molecule has 0 amide bonds. The van der Waals surface area contributed by atoms with Crippen molar-refractivity contribution in [2.75, 3.05) is 26.9 Å². The molecule has 2 N–H and O–H groups in total. The average Bonchev–Trinajstić information content (AvgIpc) is 2.32. The molecule has 0 aromatic carbocycles. The lowest BCUT2D eigenvalue weighted by Gasteiger charge is -2.06. The van der Waals surface area contributed by atoms with Gasteiger partial charge in [0.15, 0.2) is 0 Å². The van der Waals surface area contributed by atoms with Crippen molar-refractivity contribution < 1.29 is 9.57 Å². The quantitative estimate of drug-likeness (QED) is 0.276. The zero-order valence-electron chi connectivity index (χ0n) is 10.9. The average molecular weight is 240 g/mol. The number of methoxy groups -OCH3 is 1. The fraction of sp³-hybridized carbons (Fsp3) is 0.615. The highest BCUT2D eigenvalue weighted by atomic mass is 16.6. The van der Waals surface area contributed by atoms with Gasteiger partial charge in [0.2, 0.25) is 0 Å². The van der Waals surface area contributed by atoms with Gasteiger partial charge in [-0.3, -0.25) is 0 Å². The number of oxime groups is 1. The van der Waals surface area contributed by atoms with Gasteiger partial charge in [0.1, 0.15) is 6.61 Å². The van der Waals surface area contributed by atoms with E-state index in [9.17, 15) is 0 Å². The lowest BCUT2D eigenvalue weighted by atomic mass is 10.1. The number of nitrogens with zero attached hydrogens (tertiary/aromatic N) is 1. The molecule has 0 rings (SSSR count). The Kier molecular flexibility index (Phi) is 10.6. The van der Waals surface area contributed by atoms with Crippen molar-refractivity contribution in [3.05, 3.63) is 24.3 Å². The number of nitrogens with two attached hydrogens (primary N) is 1. The number of hydrogen-bond acceptors (Lipinski definition) is 4. The van der Waals surface area contributed by atoms with Gasteiger partial charge in [-0.2, -0.15) is 0 Å². The van der Waals surface area contributed by atoms with Crippen molar-refractivity contribution in [2.24, 2.45) is 10.9 Å². The molecule has 17 heavy (non-hydrogen) atoms. The Bertz CT molecular complexity index is 260. The molecule has 4 nitrogen and oxygen atoms in total. The Hall–Kier alpha value is -1.13. The SMILES string of the molecule is C=C/C=C(C)/C(CCCCOC)=N/OCCN. The molecule has 0 fully saturated rings. The summed E-state index contributed by atoms with van der Waals surface area (Å²) in [6.45, 7) is 7.38. The molecule has 0 saturated carbocycles. The van der Waals surface area contributed by atoms with Crippen LogP contribution in [-0.4, -0.2) is 32.6 Å². The zero-order valence-corrected chi connectivity index (χ0v) is 10.9. The van der Waals surface area contributed by atoms with Gasteiger partial charge < -0.3 is 15.3 Å². The third kappa shape index (κ3) is 8.65. The van der Waals surface area contributed by atoms with Crippen LogP contribution in [0.5, 0.6) is 0 Å². The summed E-state index contributed by atoms with van der Waals surface area (Å²) >= 11 is 0. The monoisotopic (exact) mass is 240 g/mol. The molecule has 0 bridgehead atoms. The van der Waals surface area contributed by atoms with E-state index in [0.717, 1.165) is 37.2 Å². The molecule has 0 spiro atoms. The summed E-state index contributed by atoms with van der Waals surface area (Å²) in [7, 11) is 1.71. The molecule has 0 aromatic heterocycles. The molecule has 0 atom stereocenters. The molecular weight excluding hydrogens is 216 g/mol. The molecular formula is C13H24N2O2. The van der Waals surface area contributed by atoms with Gasteiger partial charge in [-0.1, -0.05) is 23.9 Å². The highest BCUT2D eigenvalue weighted by Crippen LogP contribution is 2.07. The van der Waals surface area contributed by atoms with E-state index >= 15 is 0 Å². The van der Waals surface area contributed by atoms with Crippen LogP contribution in [0.4, 0.5) is 0 Å². The van der Waals surface area contributed by atoms with E-state index in [2.05, 4.69) is 11.7 Å². The minimum Gasteiger partial charge on any atom is -0.394 e. The molecule has 0 unspecified atom stereocenters. The number of allylic oxidation sites excluding steroid dienone is 3. The molecule has 4 heteroatoms. The van der Waals surface area contributed by atoms with Crippen LogP contribution in [0, 0.1) is 0 Å². The van der Waals surface area contributed by atoms with Crippen molar-refractivity contribution in [1.29, 1.82) is 0 Å². The first-order valence-corrected chi connectivity index (χ1v) is 5.93. The van der Waals surface area contributed by atoms with Crippen molar-refractivity contribution >= 4 is 5.71 Å². The Balaban J connectivity index is 4.24. The Morgan fingerprint density at radius 1 is 1.35 bits per heavy atom. The van der Waals surface area contributed by atoms with Crippen molar-refractivity contribution in [3.63, 3.8) is 0 Å². The van der Waals surface area contributed by atoms with Crippen LogP contribution < -0.4 is 5.73 Å². The zero-order chi connectivity index (χ0) is 12.9. The van der Waals surface area contributed by atoms with Crippen LogP contribution in [0.15, 0.2) is 29.5 Å². The Labute approximate surface area is 104 Å². The molecule has 0 aliphatic rings.